The monoisotopic (exact) mass is 409 g/mol. The van der Waals surface area contributed by atoms with Gasteiger partial charge >= 0.3 is 6.01 Å². The van der Waals surface area contributed by atoms with Crippen LogP contribution in [0.25, 0.3) is 0 Å². The SMILES string of the molecule is CCCCCOc1cccc(C(=O)Nc2nnc(Cc3ccc4c(c3)OCO4)o2)c1. The van der Waals surface area contributed by atoms with Crippen molar-refractivity contribution in [1.82, 2.24) is 10.2 Å². The molecule has 0 saturated carbocycles. The highest BCUT2D eigenvalue weighted by atomic mass is 16.7. The zero-order valence-corrected chi connectivity index (χ0v) is 16.7. The molecule has 1 aliphatic rings. The van der Waals surface area contributed by atoms with Crippen molar-refractivity contribution in [2.45, 2.75) is 32.6 Å². The summed E-state index contributed by atoms with van der Waals surface area (Å²) in [5.41, 5.74) is 1.40. The maximum atomic E-state index is 12.5. The minimum Gasteiger partial charge on any atom is -0.494 e. The van der Waals surface area contributed by atoms with Crippen LogP contribution in [0, 0.1) is 0 Å². The molecule has 0 fully saturated rings. The normalized spacial score (nSPS) is 12.0. The molecule has 0 aliphatic carbocycles. The number of benzene rings is 2. The second-order valence-electron chi connectivity index (χ2n) is 6.90. The maximum absolute atomic E-state index is 12.5. The summed E-state index contributed by atoms with van der Waals surface area (Å²) >= 11 is 0. The Morgan fingerprint density at radius 1 is 1.10 bits per heavy atom. The molecule has 30 heavy (non-hydrogen) atoms. The molecule has 0 unspecified atom stereocenters. The Kier molecular flexibility index (Phi) is 6.12. The number of unbranched alkanes of at least 4 members (excludes halogenated alkanes) is 2. The summed E-state index contributed by atoms with van der Waals surface area (Å²) in [7, 11) is 0. The van der Waals surface area contributed by atoms with E-state index >= 15 is 0 Å². The summed E-state index contributed by atoms with van der Waals surface area (Å²) in [6, 6.07) is 12.7. The third-order valence-electron chi connectivity index (χ3n) is 4.59. The summed E-state index contributed by atoms with van der Waals surface area (Å²) in [6.45, 7) is 3.00. The van der Waals surface area contributed by atoms with Crippen LogP contribution in [-0.4, -0.2) is 29.5 Å². The smallest absolute Gasteiger partial charge is 0.322 e. The van der Waals surface area contributed by atoms with E-state index in [9.17, 15) is 4.79 Å². The number of aromatic nitrogens is 2. The van der Waals surface area contributed by atoms with Crippen molar-refractivity contribution < 1.29 is 23.4 Å². The fourth-order valence-electron chi connectivity index (χ4n) is 3.04. The number of amides is 1. The van der Waals surface area contributed by atoms with Gasteiger partial charge < -0.3 is 18.6 Å². The quantitative estimate of drug-likeness (QED) is 0.529. The molecule has 1 aromatic heterocycles. The van der Waals surface area contributed by atoms with E-state index in [1.165, 1.54) is 0 Å². The summed E-state index contributed by atoms with van der Waals surface area (Å²) in [4.78, 5) is 12.5. The Morgan fingerprint density at radius 3 is 2.90 bits per heavy atom. The number of ether oxygens (including phenoxy) is 3. The average Bonchev–Trinajstić information content (AvgIpc) is 3.40. The van der Waals surface area contributed by atoms with Crippen LogP contribution in [0.4, 0.5) is 6.01 Å². The van der Waals surface area contributed by atoms with Crippen LogP contribution >= 0.6 is 0 Å². The van der Waals surface area contributed by atoms with Gasteiger partial charge in [-0.3, -0.25) is 10.1 Å². The highest BCUT2D eigenvalue weighted by molar-refractivity contribution is 6.03. The van der Waals surface area contributed by atoms with Crippen molar-refractivity contribution in [1.29, 1.82) is 0 Å². The van der Waals surface area contributed by atoms with Crippen molar-refractivity contribution in [3.63, 3.8) is 0 Å². The highest BCUT2D eigenvalue weighted by Crippen LogP contribution is 2.33. The Hall–Kier alpha value is -3.55. The van der Waals surface area contributed by atoms with Crippen molar-refractivity contribution >= 4 is 11.9 Å². The molecule has 3 aromatic rings. The molecule has 2 aromatic carbocycles. The second kappa shape index (κ2) is 9.30. The number of nitrogens with one attached hydrogen (secondary N) is 1. The molecule has 156 valence electrons. The molecule has 1 amide bonds. The zero-order chi connectivity index (χ0) is 20.8. The first-order valence-corrected chi connectivity index (χ1v) is 9.96. The molecule has 0 atom stereocenters. The van der Waals surface area contributed by atoms with Crippen molar-refractivity contribution in [3.8, 4) is 17.2 Å². The van der Waals surface area contributed by atoms with Crippen LogP contribution in [0.1, 0.15) is 48.0 Å². The van der Waals surface area contributed by atoms with Gasteiger partial charge in [0.2, 0.25) is 12.7 Å². The number of nitrogens with zero attached hydrogens (tertiary/aromatic N) is 2. The lowest BCUT2D eigenvalue weighted by atomic mass is 10.1. The molecule has 0 bridgehead atoms. The largest absolute Gasteiger partial charge is 0.494 e. The number of hydrogen-bond acceptors (Lipinski definition) is 7. The second-order valence-corrected chi connectivity index (χ2v) is 6.90. The number of carbonyl (C=O) groups is 1. The number of anilines is 1. The van der Waals surface area contributed by atoms with E-state index in [0.717, 1.165) is 24.8 Å². The van der Waals surface area contributed by atoms with Gasteiger partial charge in [0.05, 0.1) is 13.0 Å². The van der Waals surface area contributed by atoms with Gasteiger partial charge in [0.25, 0.3) is 5.91 Å². The van der Waals surface area contributed by atoms with Gasteiger partial charge in [0.1, 0.15) is 5.75 Å². The minimum atomic E-state index is -0.340. The van der Waals surface area contributed by atoms with E-state index in [-0.39, 0.29) is 18.7 Å². The molecule has 2 heterocycles. The first-order valence-electron chi connectivity index (χ1n) is 9.96. The lowest BCUT2D eigenvalue weighted by molar-refractivity contribution is 0.102. The Bertz CT molecular complexity index is 1020. The Balaban J connectivity index is 1.35. The van der Waals surface area contributed by atoms with Crippen LogP contribution < -0.4 is 19.5 Å². The topological polar surface area (TPSA) is 95.7 Å². The summed E-state index contributed by atoms with van der Waals surface area (Å²) in [5, 5.41) is 10.5. The van der Waals surface area contributed by atoms with E-state index in [2.05, 4.69) is 22.4 Å². The summed E-state index contributed by atoms with van der Waals surface area (Å²) < 4.78 is 21.9. The van der Waals surface area contributed by atoms with Crippen LogP contribution in [0.3, 0.4) is 0 Å². The van der Waals surface area contributed by atoms with E-state index in [0.29, 0.717) is 41.7 Å². The van der Waals surface area contributed by atoms with Crippen molar-refractivity contribution in [3.05, 3.63) is 59.5 Å². The summed E-state index contributed by atoms with van der Waals surface area (Å²) in [6.07, 6.45) is 3.65. The van der Waals surface area contributed by atoms with Crippen LogP contribution in [0.2, 0.25) is 0 Å². The van der Waals surface area contributed by atoms with Gasteiger partial charge in [-0.25, -0.2) is 0 Å². The van der Waals surface area contributed by atoms with Crippen LogP contribution in [0.15, 0.2) is 46.9 Å². The molecular formula is C22H23N3O5. The Morgan fingerprint density at radius 2 is 2.00 bits per heavy atom. The zero-order valence-electron chi connectivity index (χ0n) is 16.7. The average molecular weight is 409 g/mol. The lowest BCUT2D eigenvalue weighted by Crippen LogP contribution is -2.12. The molecule has 0 saturated heterocycles. The van der Waals surface area contributed by atoms with E-state index in [1.807, 2.05) is 24.3 Å². The molecule has 4 rings (SSSR count). The maximum Gasteiger partial charge on any atom is 0.322 e. The minimum absolute atomic E-state index is 0.0463. The van der Waals surface area contributed by atoms with E-state index in [1.54, 1.807) is 18.2 Å². The number of hydrogen-bond donors (Lipinski definition) is 1. The van der Waals surface area contributed by atoms with Gasteiger partial charge in [-0.15, -0.1) is 5.10 Å². The highest BCUT2D eigenvalue weighted by Gasteiger charge is 2.16. The molecule has 1 aliphatic heterocycles. The summed E-state index contributed by atoms with van der Waals surface area (Å²) in [5.74, 6) is 2.11. The molecule has 0 spiro atoms. The third kappa shape index (κ3) is 4.89. The van der Waals surface area contributed by atoms with Gasteiger partial charge in [-0.2, -0.15) is 0 Å². The van der Waals surface area contributed by atoms with Gasteiger partial charge in [0.15, 0.2) is 11.5 Å². The third-order valence-corrected chi connectivity index (χ3v) is 4.59. The van der Waals surface area contributed by atoms with Gasteiger partial charge in [-0.1, -0.05) is 37.0 Å². The number of carbonyl (C=O) groups excluding carboxylic acids is 1. The first kappa shape index (κ1) is 19.8. The first-order chi connectivity index (χ1) is 14.7. The molecule has 8 heteroatoms. The van der Waals surface area contributed by atoms with Crippen molar-refractivity contribution in [2.24, 2.45) is 0 Å². The fraction of sp³-hybridized carbons (Fsp3) is 0.318. The number of fused-ring (bicyclic) bond motifs is 1. The molecular weight excluding hydrogens is 386 g/mol. The van der Waals surface area contributed by atoms with Crippen LogP contribution in [0.5, 0.6) is 17.2 Å². The predicted molar refractivity (Wildman–Crippen MR) is 109 cm³/mol. The van der Waals surface area contributed by atoms with Crippen LogP contribution in [-0.2, 0) is 6.42 Å². The predicted octanol–water partition coefficient (Wildman–Crippen LogP) is 4.21. The molecule has 8 nitrogen and oxygen atoms in total. The molecule has 1 N–H and O–H groups in total. The van der Waals surface area contributed by atoms with E-state index in [4.69, 9.17) is 18.6 Å². The standard InChI is InChI=1S/C22H23N3O5/c1-2-3-4-10-27-17-7-5-6-16(13-17)21(26)23-22-25-24-20(30-22)12-15-8-9-18-19(11-15)29-14-28-18/h5-9,11,13H,2-4,10,12,14H2,1H3,(H,23,25,26). The molecule has 0 radical (unpaired) electrons. The Labute approximate surface area is 174 Å². The van der Waals surface area contributed by atoms with E-state index < -0.39 is 0 Å². The fourth-order valence-corrected chi connectivity index (χ4v) is 3.04. The van der Waals surface area contributed by atoms with Crippen molar-refractivity contribution in [2.75, 3.05) is 18.7 Å². The van der Waals surface area contributed by atoms with Gasteiger partial charge in [0, 0.05) is 5.56 Å². The lowest BCUT2D eigenvalue weighted by Gasteiger charge is -2.07. The van der Waals surface area contributed by atoms with Gasteiger partial charge in [-0.05, 0) is 42.3 Å². The number of rotatable bonds is 9.